The molecule has 0 saturated carbocycles. The van der Waals surface area contributed by atoms with E-state index in [0.717, 1.165) is 12.0 Å². The lowest BCUT2D eigenvalue weighted by Gasteiger charge is -2.08. The monoisotopic (exact) mass is 307 g/mol. The van der Waals surface area contributed by atoms with E-state index in [0.29, 0.717) is 12.2 Å². The summed E-state index contributed by atoms with van der Waals surface area (Å²) in [6, 6.07) is 1.85. The number of hydrogen-bond donors (Lipinski definition) is 3. The first kappa shape index (κ1) is 16.9. The molecule has 0 bridgehead atoms. The minimum absolute atomic E-state index is 0.113. The number of aromatic nitrogens is 1. The number of carboxylic acids is 1. The van der Waals surface area contributed by atoms with Crippen LogP contribution in [-0.4, -0.2) is 34.8 Å². The topological polar surface area (TPSA) is 115 Å². The number of carboxylic acid groups (broad SMARTS) is 1. The third kappa shape index (κ3) is 5.36. The Hall–Kier alpha value is -2.20. The number of halogens is 3. The second kappa shape index (κ2) is 6.99. The van der Waals surface area contributed by atoms with Crippen molar-refractivity contribution >= 4 is 11.9 Å². The number of carbonyl (C=O) groups excluding carboxylic acids is 1. The second-order valence-corrected chi connectivity index (χ2v) is 3.98. The number of rotatable bonds is 2. The Labute approximate surface area is 116 Å². The first-order valence-corrected chi connectivity index (χ1v) is 5.64. The van der Waals surface area contributed by atoms with Crippen LogP contribution in [0.2, 0.25) is 0 Å². The van der Waals surface area contributed by atoms with E-state index in [1.807, 2.05) is 0 Å². The number of nitrogens with zero attached hydrogens (tertiary/aromatic N) is 1. The van der Waals surface area contributed by atoms with Crippen molar-refractivity contribution in [1.82, 2.24) is 10.5 Å². The van der Waals surface area contributed by atoms with Crippen molar-refractivity contribution in [2.24, 2.45) is 5.73 Å². The fourth-order valence-corrected chi connectivity index (χ4v) is 1.41. The number of hydroxylamine groups is 1. The standard InChI is InChI=1S/C9H11N3O2.C2HF3O2/c10-9(13)7-3-6(4-11-5-7)8-1-2-14-12-8;3-2(4,5)1(6)7/h3-5,8,12H,1-2H2,(H2,10,13);(H,6,7). The maximum atomic E-state index is 10.9. The van der Waals surface area contributed by atoms with Gasteiger partial charge in [-0.25, -0.2) is 4.79 Å². The highest BCUT2D eigenvalue weighted by atomic mass is 19.4. The van der Waals surface area contributed by atoms with Crippen molar-refractivity contribution < 1.29 is 32.7 Å². The summed E-state index contributed by atoms with van der Waals surface area (Å²) in [4.78, 5) is 28.8. The van der Waals surface area contributed by atoms with Gasteiger partial charge in [-0.2, -0.15) is 18.7 Å². The average molecular weight is 307 g/mol. The molecule has 1 fully saturated rings. The van der Waals surface area contributed by atoms with E-state index in [9.17, 15) is 18.0 Å². The van der Waals surface area contributed by atoms with Gasteiger partial charge in [-0.05, 0) is 18.1 Å². The molecule has 2 heterocycles. The molecule has 1 aliphatic rings. The van der Waals surface area contributed by atoms with E-state index in [1.54, 1.807) is 12.3 Å². The molecule has 0 radical (unpaired) electrons. The van der Waals surface area contributed by atoms with Gasteiger partial charge in [-0.15, -0.1) is 0 Å². The van der Waals surface area contributed by atoms with Gasteiger partial charge in [0.25, 0.3) is 0 Å². The molecule has 0 aliphatic carbocycles. The molecule has 1 aromatic heterocycles. The van der Waals surface area contributed by atoms with Gasteiger partial charge >= 0.3 is 12.1 Å². The molecule has 1 atom stereocenters. The number of hydrogen-bond acceptors (Lipinski definition) is 5. The first-order valence-electron chi connectivity index (χ1n) is 5.64. The molecule has 7 nitrogen and oxygen atoms in total. The highest BCUT2D eigenvalue weighted by Gasteiger charge is 2.38. The van der Waals surface area contributed by atoms with Crippen LogP contribution in [0.1, 0.15) is 28.4 Å². The summed E-state index contributed by atoms with van der Waals surface area (Å²) in [6.07, 6.45) is -1.04. The number of nitrogens with one attached hydrogen (secondary N) is 1. The van der Waals surface area contributed by atoms with Crippen LogP contribution in [0, 0.1) is 0 Å². The normalized spacial score (nSPS) is 17.8. The number of primary amides is 1. The third-order valence-corrected chi connectivity index (χ3v) is 2.42. The lowest BCUT2D eigenvalue weighted by molar-refractivity contribution is -0.192. The summed E-state index contributed by atoms with van der Waals surface area (Å²) >= 11 is 0. The number of amides is 1. The Morgan fingerprint density at radius 1 is 1.43 bits per heavy atom. The smallest absolute Gasteiger partial charge is 0.475 e. The summed E-state index contributed by atoms with van der Waals surface area (Å²) in [5.41, 5.74) is 9.35. The summed E-state index contributed by atoms with van der Waals surface area (Å²) in [7, 11) is 0. The fourth-order valence-electron chi connectivity index (χ4n) is 1.41. The minimum Gasteiger partial charge on any atom is -0.475 e. The van der Waals surface area contributed by atoms with Gasteiger partial charge in [0, 0.05) is 12.4 Å². The van der Waals surface area contributed by atoms with Crippen molar-refractivity contribution in [2.75, 3.05) is 6.61 Å². The lowest BCUT2D eigenvalue weighted by atomic mass is 10.1. The number of nitrogens with two attached hydrogens (primary N) is 1. The van der Waals surface area contributed by atoms with Gasteiger partial charge in [-0.1, -0.05) is 0 Å². The number of pyridine rings is 1. The van der Waals surface area contributed by atoms with Crippen molar-refractivity contribution in [1.29, 1.82) is 0 Å². The second-order valence-electron chi connectivity index (χ2n) is 3.98. The van der Waals surface area contributed by atoms with Crippen molar-refractivity contribution in [2.45, 2.75) is 18.6 Å². The van der Waals surface area contributed by atoms with Gasteiger partial charge in [0.1, 0.15) is 0 Å². The summed E-state index contributed by atoms with van der Waals surface area (Å²) in [5.74, 6) is -3.22. The van der Waals surface area contributed by atoms with Gasteiger partial charge in [0.05, 0.1) is 18.2 Å². The Morgan fingerprint density at radius 2 is 2.05 bits per heavy atom. The molecule has 21 heavy (non-hydrogen) atoms. The predicted octanol–water partition coefficient (Wildman–Crippen LogP) is 0.780. The van der Waals surface area contributed by atoms with Gasteiger partial charge in [0.15, 0.2) is 0 Å². The van der Waals surface area contributed by atoms with E-state index < -0.39 is 18.1 Å². The summed E-state index contributed by atoms with van der Waals surface area (Å²) in [5, 5.41) is 7.12. The van der Waals surface area contributed by atoms with Crippen LogP contribution < -0.4 is 11.2 Å². The van der Waals surface area contributed by atoms with Gasteiger partial charge < -0.3 is 15.7 Å². The molecule has 1 saturated heterocycles. The molecule has 1 unspecified atom stereocenters. The Balaban J connectivity index is 0.000000270. The zero-order valence-electron chi connectivity index (χ0n) is 10.6. The van der Waals surface area contributed by atoms with Crippen molar-refractivity contribution in [3.05, 3.63) is 29.6 Å². The molecule has 0 spiro atoms. The van der Waals surface area contributed by atoms with E-state index >= 15 is 0 Å². The molecule has 0 aromatic carbocycles. The van der Waals surface area contributed by atoms with Gasteiger partial charge in [-0.3, -0.25) is 9.78 Å². The van der Waals surface area contributed by atoms with Gasteiger partial charge in [0.2, 0.25) is 5.91 Å². The number of alkyl halides is 3. The van der Waals surface area contributed by atoms with Crippen molar-refractivity contribution in [3.8, 4) is 0 Å². The Morgan fingerprint density at radius 3 is 2.48 bits per heavy atom. The molecule has 4 N–H and O–H groups in total. The van der Waals surface area contributed by atoms with E-state index in [1.165, 1.54) is 6.20 Å². The van der Waals surface area contributed by atoms with Crippen LogP contribution in [0.5, 0.6) is 0 Å². The predicted molar refractivity (Wildman–Crippen MR) is 62.9 cm³/mol. The van der Waals surface area contributed by atoms with E-state index in [2.05, 4.69) is 10.5 Å². The lowest BCUT2D eigenvalue weighted by Crippen LogP contribution is -2.21. The van der Waals surface area contributed by atoms with Crippen LogP contribution in [0.15, 0.2) is 18.5 Å². The zero-order chi connectivity index (χ0) is 16.0. The Bertz CT molecular complexity index is 516. The zero-order valence-corrected chi connectivity index (χ0v) is 10.6. The van der Waals surface area contributed by atoms with Crippen LogP contribution in [0.4, 0.5) is 13.2 Å². The van der Waals surface area contributed by atoms with Crippen LogP contribution in [-0.2, 0) is 9.63 Å². The van der Waals surface area contributed by atoms with Crippen molar-refractivity contribution in [3.63, 3.8) is 0 Å². The van der Waals surface area contributed by atoms with Crippen LogP contribution in [0.25, 0.3) is 0 Å². The third-order valence-electron chi connectivity index (χ3n) is 2.42. The largest absolute Gasteiger partial charge is 0.490 e. The fraction of sp³-hybridized carbons (Fsp3) is 0.364. The number of carbonyl (C=O) groups is 2. The van der Waals surface area contributed by atoms with Crippen LogP contribution in [0.3, 0.4) is 0 Å². The summed E-state index contributed by atoms with van der Waals surface area (Å²) in [6.45, 7) is 0.672. The quantitative estimate of drug-likeness (QED) is 0.744. The molecule has 1 aliphatic heterocycles. The maximum absolute atomic E-state index is 10.9. The Kier molecular flexibility index (Phi) is 5.61. The maximum Gasteiger partial charge on any atom is 0.490 e. The average Bonchev–Trinajstić information content (AvgIpc) is 2.92. The first-order chi connectivity index (χ1) is 9.71. The minimum atomic E-state index is -5.08. The van der Waals surface area contributed by atoms with Crippen LogP contribution >= 0.6 is 0 Å². The molecular weight excluding hydrogens is 295 g/mol. The molecule has 10 heteroatoms. The van der Waals surface area contributed by atoms with E-state index in [4.69, 9.17) is 20.5 Å². The highest BCUT2D eigenvalue weighted by Crippen LogP contribution is 2.20. The molecule has 116 valence electrons. The molecule has 2 rings (SSSR count). The molecule has 1 aromatic rings. The summed E-state index contributed by atoms with van der Waals surface area (Å²) < 4.78 is 31.7. The number of aliphatic carboxylic acids is 1. The van der Waals surface area contributed by atoms with E-state index in [-0.39, 0.29) is 6.04 Å². The highest BCUT2D eigenvalue weighted by molar-refractivity contribution is 5.92. The SMILES string of the molecule is NC(=O)c1cncc(C2CCON2)c1.O=C(O)C(F)(F)F. The molecule has 1 amide bonds. The molecular formula is C11H12F3N3O4.